The quantitative estimate of drug-likeness (QED) is 0.299. The van der Waals surface area contributed by atoms with Crippen LogP contribution in [0.15, 0.2) is 0 Å². The molecule has 7 heavy (non-hydrogen) atoms. The summed E-state index contributed by atoms with van der Waals surface area (Å²) in [7, 11) is 1.38. The Labute approximate surface area is 43.0 Å². The van der Waals surface area contributed by atoms with Crippen molar-refractivity contribution in [1.82, 2.24) is 0 Å². The van der Waals surface area contributed by atoms with Gasteiger partial charge in [0, 0.05) is 0 Å². The highest BCUT2D eigenvalue weighted by molar-refractivity contribution is 4.47. The molecule has 0 heterocycles. The minimum absolute atomic E-state index is 0.452. The van der Waals surface area contributed by atoms with Gasteiger partial charge in [-0.3, -0.25) is 0 Å². The van der Waals surface area contributed by atoms with E-state index >= 15 is 0 Å². The summed E-state index contributed by atoms with van der Waals surface area (Å²) < 4.78 is 0. The fourth-order valence-electron chi connectivity index (χ4n) is 0.144. The van der Waals surface area contributed by atoms with Crippen molar-refractivity contribution in [3.05, 3.63) is 6.42 Å². The van der Waals surface area contributed by atoms with Gasteiger partial charge in [0.05, 0.1) is 13.7 Å². The summed E-state index contributed by atoms with van der Waals surface area (Å²) in [5, 5.41) is 4.04. The monoisotopic (exact) mass is 105 g/mol. The zero-order valence-electron chi connectivity index (χ0n) is 4.51. The van der Waals surface area contributed by atoms with Gasteiger partial charge in [0.15, 0.2) is 0 Å². The first-order valence-corrected chi connectivity index (χ1v) is 2.02. The van der Waals surface area contributed by atoms with Crippen LogP contribution in [0.25, 0.3) is 0 Å². The number of rotatable bonds is 4. The lowest BCUT2D eigenvalue weighted by Crippen LogP contribution is -1.93. The van der Waals surface area contributed by atoms with Gasteiger partial charge in [-0.05, 0) is 6.42 Å². The molecule has 0 aromatic rings. The lowest BCUT2D eigenvalue weighted by molar-refractivity contribution is -0.499. The molecule has 0 spiro atoms. The lowest BCUT2D eigenvalue weighted by atomic mass is 10.5. The average Bonchev–Trinajstić information content (AvgIpc) is 1.69. The van der Waals surface area contributed by atoms with Crippen LogP contribution in [-0.4, -0.2) is 13.7 Å². The molecule has 0 aromatic heterocycles. The third kappa shape index (κ3) is 5.88. The summed E-state index contributed by atoms with van der Waals surface area (Å²) in [6.07, 6.45) is 1.80. The van der Waals surface area contributed by atoms with Gasteiger partial charge in [-0.25, -0.2) is 9.78 Å². The highest BCUT2D eigenvalue weighted by Gasteiger charge is 1.79. The summed E-state index contributed by atoms with van der Waals surface area (Å²) in [6.45, 7) is 2.31. The Hall–Kier alpha value is -0.120. The fraction of sp³-hybridized carbons (Fsp3) is 0.750. The highest BCUT2D eigenvalue weighted by Crippen LogP contribution is 1.78. The van der Waals surface area contributed by atoms with Gasteiger partial charge in [0.25, 0.3) is 0 Å². The predicted octanol–water partition coefficient (Wildman–Crippen LogP) is 0.720. The molecule has 1 radical (unpaired) electrons. The Balaban J connectivity index is 2.45. The fourth-order valence-corrected chi connectivity index (χ4v) is 0.144. The normalized spacial score (nSPS) is 9.43. The minimum Gasteiger partial charge on any atom is -0.210 e. The van der Waals surface area contributed by atoms with Crippen LogP contribution in [0, 0.1) is 6.42 Å². The third-order valence-corrected chi connectivity index (χ3v) is 0.351. The Morgan fingerprint density at radius 2 is 2.29 bits per heavy atom. The largest absolute Gasteiger partial charge is 0.210 e. The van der Waals surface area contributed by atoms with Gasteiger partial charge >= 0.3 is 0 Å². The molecule has 0 N–H and O–H groups in total. The molecule has 0 bridgehead atoms. The van der Waals surface area contributed by atoms with Crippen molar-refractivity contribution < 1.29 is 14.8 Å². The molecule has 0 atom stereocenters. The third-order valence-electron chi connectivity index (χ3n) is 0.351. The van der Waals surface area contributed by atoms with Crippen molar-refractivity contribution in [3.8, 4) is 0 Å². The number of hydrogen-bond acceptors (Lipinski definition) is 3. The Kier molecular flexibility index (Phi) is 5.78. The topological polar surface area (TPSA) is 27.7 Å². The first-order valence-electron chi connectivity index (χ1n) is 2.02. The van der Waals surface area contributed by atoms with E-state index in [1.165, 1.54) is 7.11 Å². The summed E-state index contributed by atoms with van der Waals surface area (Å²) in [6, 6.07) is 0. The van der Waals surface area contributed by atoms with Gasteiger partial charge in [-0.15, -0.1) is 0 Å². The van der Waals surface area contributed by atoms with Gasteiger partial charge in [0.2, 0.25) is 0 Å². The van der Waals surface area contributed by atoms with Crippen molar-refractivity contribution in [2.45, 2.75) is 6.92 Å². The zero-order valence-corrected chi connectivity index (χ0v) is 4.51. The van der Waals surface area contributed by atoms with Crippen LogP contribution in [0.5, 0.6) is 0 Å². The molecule has 0 amide bonds. The van der Waals surface area contributed by atoms with Crippen LogP contribution in [0.2, 0.25) is 0 Å². The van der Waals surface area contributed by atoms with Crippen LogP contribution in [0.1, 0.15) is 6.92 Å². The minimum atomic E-state index is 0.452. The van der Waals surface area contributed by atoms with Crippen molar-refractivity contribution in [3.63, 3.8) is 0 Å². The van der Waals surface area contributed by atoms with Crippen LogP contribution in [0.4, 0.5) is 0 Å². The van der Waals surface area contributed by atoms with Crippen molar-refractivity contribution >= 4 is 0 Å². The second-order valence-corrected chi connectivity index (χ2v) is 0.927. The predicted molar refractivity (Wildman–Crippen MR) is 24.0 cm³/mol. The first-order chi connectivity index (χ1) is 3.41. The molecule has 0 aromatic carbocycles. The van der Waals surface area contributed by atoms with Crippen LogP contribution >= 0.6 is 0 Å². The summed E-state index contributed by atoms with van der Waals surface area (Å²) in [4.78, 5) is 8.46. The van der Waals surface area contributed by atoms with E-state index in [2.05, 4.69) is 14.8 Å². The summed E-state index contributed by atoms with van der Waals surface area (Å²) in [5.74, 6) is 0. The van der Waals surface area contributed by atoms with Gasteiger partial charge in [-0.1, -0.05) is 12.0 Å². The molecule has 0 saturated carbocycles. The van der Waals surface area contributed by atoms with Crippen molar-refractivity contribution in [2.75, 3.05) is 13.7 Å². The van der Waals surface area contributed by atoms with Crippen LogP contribution < -0.4 is 0 Å². The molecule has 0 saturated heterocycles. The van der Waals surface area contributed by atoms with Gasteiger partial charge < -0.3 is 0 Å². The molecule has 43 valence electrons. The maximum atomic E-state index is 4.35. The van der Waals surface area contributed by atoms with Crippen LogP contribution in [-0.2, 0) is 14.8 Å². The lowest BCUT2D eigenvalue weighted by Gasteiger charge is -1.93. The van der Waals surface area contributed by atoms with Gasteiger partial charge in [-0.2, -0.15) is 0 Å². The molecule has 0 unspecified atom stereocenters. The maximum absolute atomic E-state index is 4.35. The Bertz CT molecular complexity index is 26.1. The van der Waals surface area contributed by atoms with E-state index in [9.17, 15) is 0 Å². The van der Waals surface area contributed by atoms with E-state index in [0.29, 0.717) is 6.61 Å². The molecule has 0 fully saturated rings. The van der Waals surface area contributed by atoms with E-state index in [4.69, 9.17) is 0 Å². The molecule has 0 aliphatic heterocycles. The molecule has 0 aliphatic rings. The van der Waals surface area contributed by atoms with Crippen LogP contribution in [0.3, 0.4) is 0 Å². The standard InChI is InChI=1S/C4H9O3/c1-3-4-6-7-5-2/h3H,4H2,1-2H3. The average molecular weight is 105 g/mol. The molecule has 3 heteroatoms. The SMILES string of the molecule is C[CH]COOOC. The smallest absolute Gasteiger partial charge is 0.0882 e. The first kappa shape index (κ1) is 6.88. The highest BCUT2D eigenvalue weighted by atomic mass is 17.5. The molecular weight excluding hydrogens is 96.0 g/mol. The van der Waals surface area contributed by atoms with E-state index in [1.54, 1.807) is 6.42 Å². The van der Waals surface area contributed by atoms with Gasteiger partial charge in [0.1, 0.15) is 0 Å². The molecular formula is C4H9O3. The molecule has 0 aliphatic carbocycles. The summed E-state index contributed by atoms with van der Waals surface area (Å²) >= 11 is 0. The summed E-state index contributed by atoms with van der Waals surface area (Å²) in [5.41, 5.74) is 0. The Morgan fingerprint density at radius 1 is 1.57 bits per heavy atom. The second-order valence-electron chi connectivity index (χ2n) is 0.927. The van der Waals surface area contributed by atoms with E-state index in [1.807, 2.05) is 6.92 Å². The van der Waals surface area contributed by atoms with E-state index < -0.39 is 0 Å². The zero-order chi connectivity index (χ0) is 5.54. The van der Waals surface area contributed by atoms with Crippen molar-refractivity contribution in [1.29, 1.82) is 0 Å². The Morgan fingerprint density at radius 3 is 2.71 bits per heavy atom. The van der Waals surface area contributed by atoms with E-state index in [0.717, 1.165) is 0 Å². The molecule has 0 rings (SSSR count). The van der Waals surface area contributed by atoms with Crippen molar-refractivity contribution in [2.24, 2.45) is 0 Å². The van der Waals surface area contributed by atoms with E-state index in [-0.39, 0.29) is 0 Å². The second kappa shape index (κ2) is 5.88. The maximum Gasteiger partial charge on any atom is 0.0882 e. The molecule has 3 nitrogen and oxygen atoms in total. The number of hydrogen-bond donors (Lipinski definition) is 0.